The van der Waals surface area contributed by atoms with Crippen LogP contribution in [0.2, 0.25) is 0 Å². The van der Waals surface area contributed by atoms with Gasteiger partial charge in [-0.05, 0) is 39.2 Å². The Morgan fingerprint density at radius 2 is 1.24 bits per heavy atom. The highest BCUT2D eigenvalue weighted by Gasteiger charge is 2.54. The van der Waals surface area contributed by atoms with Gasteiger partial charge in [-0.2, -0.15) is 26.3 Å². The summed E-state index contributed by atoms with van der Waals surface area (Å²) < 4.78 is 88.6. The average molecular weight is 370 g/mol. The summed E-state index contributed by atoms with van der Waals surface area (Å²) in [5, 5.41) is 0. The van der Waals surface area contributed by atoms with E-state index in [0.29, 0.717) is 6.07 Å². The highest BCUT2D eigenvalue weighted by atomic mass is 19.4. The normalized spacial score (nSPS) is 19.4. The third-order valence-corrected chi connectivity index (χ3v) is 4.19. The third-order valence-electron chi connectivity index (χ3n) is 4.19. The van der Waals surface area contributed by atoms with E-state index in [1.165, 1.54) is 0 Å². The quantitative estimate of drug-likeness (QED) is 0.509. The fourth-order valence-electron chi connectivity index (χ4n) is 2.15. The Bertz CT molecular complexity index is 592. The molecule has 2 nitrogen and oxygen atoms in total. The number of halogens is 6. The Morgan fingerprint density at radius 3 is 1.60 bits per heavy atom. The van der Waals surface area contributed by atoms with Crippen molar-refractivity contribution in [2.24, 2.45) is 0 Å². The summed E-state index contributed by atoms with van der Waals surface area (Å²) in [5.41, 5.74) is -5.05. The predicted molar refractivity (Wildman–Crippen MR) is 83.5 cm³/mol. The molecule has 0 bridgehead atoms. The van der Waals surface area contributed by atoms with E-state index in [2.05, 4.69) is 0 Å². The van der Waals surface area contributed by atoms with E-state index in [1.54, 1.807) is 27.7 Å². The van der Waals surface area contributed by atoms with Crippen molar-refractivity contribution in [3.8, 4) is 0 Å². The highest BCUT2D eigenvalue weighted by Crippen LogP contribution is 2.39. The van der Waals surface area contributed by atoms with Gasteiger partial charge >= 0.3 is 19.5 Å². The van der Waals surface area contributed by atoms with Crippen LogP contribution in [-0.4, -0.2) is 18.3 Å². The van der Waals surface area contributed by atoms with Crippen molar-refractivity contribution in [1.82, 2.24) is 0 Å². The molecule has 0 saturated carbocycles. The van der Waals surface area contributed by atoms with Crippen LogP contribution in [0.4, 0.5) is 26.3 Å². The first-order chi connectivity index (χ1) is 11.2. The highest BCUT2D eigenvalue weighted by molar-refractivity contribution is 6.62. The predicted octanol–water partition coefficient (Wildman–Crippen LogP) is 5.05. The van der Waals surface area contributed by atoms with E-state index in [9.17, 15) is 26.3 Å². The van der Waals surface area contributed by atoms with Crippen molar-refractivity contribution in [3.05, 3.63) is 29.3 Å². The second-order valence-corrected chi connectivity index (χ2v) is 6.39. The lowest BCUT2D eigenvalue weighted by atomic mass is 9.75. The summed E-state index contributed by atoms with van der Waals surface area (Å²) in [6.45, 7) is 10.6. The zero-order valence-electron chi connectivity index (χ0n) is 14.9. The first kappa shape index (κ1) is 21.8. The van der Waals surface area contributed by atoms with Crippen LogP contribution >= 0.6 is 0 Å². The van der Waals surface area contributed by atoms with Crippen LogP contribution < -0.4 is 5.46 Å². The molecule has 2 rings (SSSR count). The smallest absolute Gasteiger partial charge is 0.399 e. The second kappa shape index (κ2) is 6.83. The van der Waals surface area contributed by atoms with E-state index in [0.717, 1.165) is 6.07 Å². The lowest BCUT2D eigenvalue weighted by molar-refractivity contribution is -0.142. The molecular formula is C16H21BF6O2. The van der Waals surface area contributed by atoms with E-state index < -0.39 is 47.3 Å². The summed E-state index contributed by atoms with van der Waals surface area (Å²) in [6, 6.07) is 1.43. The lowest BCUT2D eigenvalue weighted by Crippen LogP contribution is -2.41. The van der Waals surface area contributed by atoms with Crippen molar-refractivity contribution >= 4 is 12.6 Å². The summed E-state index contributed by atoms with van der Waals surface area (Å²) in [6.07, 6.45) is -9.82. The average Bonchev–Trinajstić information content (AvgIpc) is 2.67. The minimum atomic E-state index is -4.96. The molecule has 0 spiro atoms. The third kappa shape index (κ3) is 4.50. The molecule has 1 aromatic carbocycles. The molecule has 0 unspecified atom stereocenters. The maximum atomic E-state index is 13.2. The van der Waals surface area contributed by atoms with E-state index in [1.807, 2.05) is 13.8 Å². The largest absolute Gasteiger partial charge is 0.495 e. The van der Waals surface area contributed by atoms with Gasteiger partial charge in [0.2, 0.25) is 0 Å². The number of hydrogen-bond donors (Lipinski definition) is 0. The monoisotopic (exact) mass is 370 g/mol. The zero-order chi connectivity index (χ0) is 19.8. The molecule has 142 valence electrons. The van der Waals surface area contributed by atoms with Gasteiger partial charge in [0, 0.05) is 0 Å². The fourth-order valence-corrected chi connectivity index (χ4v) is 2.15. The molecule has 25 heavy (non-hydrogen) atoms. The standard InChI is InChI=1S/C14H15BF6O2.C2H6/c1-11(2)12(3,4)23-15(22-11)10-6-5-8(13(16,17)18)7-9(10)14(19,20)21;1-2/h5-7H,1-4H3;1-2H3. The van der Waals surface area contributed by atoms with Crippen LogP contribution in [-0.2, 0) is 21.7 Å². The summed E-state index contributed by atoms with van der Waals surface area (Å²) in [5.74, 6) is 0. The molecule has 1 aromatic rings. The molecule has 0 radical (unpaired) electrons. The molecule has 1 saturated heterocycles. The molecule has 0 aliphatic carbocycles. The van der Waals surface area contributed by atoms with Gasteiger partial charge in [-0.15, -0.1) is 0 Å². The van der Waals surface area contributed by atoms with Crippen LogP contribution in [0.5, 0.6) is 0 Å². The first-order valence-corrected chi connectivity index (χ1v) is 7.79. The molecule has 9 heteroatoms. The van der Waals surface area contributed by atoms with Crippen LogP contribution in [0.25, 0.3) is 0 Å². The Kier molecular flexibility index (Phi) is 5.96. The molecule has 1 fully saturated rings. The molecule has 1 aliphatic heterocycles. The van der Waals surface area contributed by atoms with Gasteiger partial charge in [0.15, 0.2) is 0 Å². The van der Waals surface area contributed by atoms with E-state index >= 15 is 0 Å². The molecule has 0 N–H and O–H groups in total. The number of benzene rings is 1. The number of rotatable bonds is 1. The van der Waals surface area contributed by atoms with Crippen LogP contribution in [0.1, 0.15) is 52.7 Å². The Morgan fingerprint density at radius 1 is 0.800 bits per heavy atom. The van der Waals surface area contributed by atoms with E-state index in [-0.39, 0.29) is 6.07 Å². The maximum absolute atomic E-state index is 13.2. The van der Waals surface area contributed by atoms with Gasteiger partial charge in [0.25, 0.3) is 0 Å². The summed E-state index contributed by atoms with van der Waals surface area (Å²) >= 11 is 0. The summed E-state index contributed by atoms with van der Waals surface area (Å²) in [7, 11) is -1.39. The minimum Gasteiger partial charge on any atom is -0.399 e. The van der Waals surface area contributed by atoms with Gasteiger partial charge in [0.1, 0.15) is 0 Å². The minimum absolute atomic E-state index is 0.0837. The van der Waals surface area contributed by atoms with Crippen molar-refractivity contribution in [3.63, 3.8) is 0 Å². The van der Waals surface area contributed by atoms with Crippen molar-refractivity contribution in [2.75, 3.05) is 0 Å². The van der Waals surface area contributed by atoms with Crippen molar-refractivity contribution < 1.29 is 35.7 Å². The molecule has 0 aromatic heterocycles. The first-order valence-electron chi connectivity index (χ1n) is 7.79. The maximum Gasteiger partial charge on any atom is 0.495 e. The molecule has 1 aliphatic rings. The Balaban J connectivity index is 0.00000151. The fraction of sp³-hybridized carbons (Fsp3) is 0.625. The molecule has 1 heterocycles. The van der Waals surface area contributed by atoms with Crippen LogP contribution in [0.3, 0.4) is 0 Å². The molecular weight excluding hydrogens is 349 g/mol. The Hall–Kier alpha value is -1.22. The van der Waals surface area contributed by atoms with Crippen LogP contribution in [0, 0.1) is 0 Å². The topological polar surface area (TPSA) is 18.5 Å². The SMILES string of the molecule is CC.CC1(C)OB(c2ccc(C(F)(F)F)cc2C(F)(F)F)OC1(C)C. The lowest BCUT2D eigenvalue weighted by Gasteiger charge is -2.32. The Labute approximate surface area is 143 Å². The summed E-state index contributed by atoms with van der Waals surface area (Å²) in [4.78, 5) is 0. The molecule has 0 atom stereocenters. The zero-order valence-corrected chi connectivity index (χ0v) is 14.9. The molecule has 0 amide bonds. The van der Waals surface area contributed by atoms with Crippen LogP contribution in [0.15, 0.2) is 18.2 Å². The second-order valence-electron chi connectivity index (χ2n) is 6.39. The number of hydrogen-bond acceptors (Lipinski definition) is 2. The van der Waals surface area contributed by atoms with Crippen molar-refractivity contribution in [2.45, 2.75) is 65.1 Å². The van der Waals surface area contributed by atoms with Gasteiger partial charge < -0.3 is 9.31 Å². The van der Waals surface area contributed by atoms with Gasteiger partial charge in [-0.25, -0.2) is 0 Å². The van der Waals surface area contributed by atoms with Gasteiger partial charge in [0.05, 0.1) is 22.3 Å². The number of alkyl halides is 6. The van der Waals surface area contributed by atoms with E-state index in [4.69, 9.17) is 9.31 Å². The van der Waals surface area contributed by atoms with Crippen molar-refractivity contribution in [1.29, 1.82) is 0 Å². The van der Waals surface area contributed by atoms with Gasteiger partial charge in [-0.1, -0.05) is 26.0 Å². The van der Waals surface area contributed by atoms with Gasteiger partial charge in [-0.3, -0.25) is 0 Å².